The Bertz CT molecular complexity index is 535. The Morgan fingerprint density at radius 1 is 1.19 bits per heavy atom. The lowest BCUT2D eigenvalue weighted by atomic mass is 9.92. The highest BCUT2D eigenvalue weighted by molar-refractivity contribution is 7.92. The van der Waals surface area contributed by atoms with Gasteiger partial charge in [0, 0.05) is 12.6 Å². The van der Waals surface area contributed by atoms with Gasteiger partial charge in [-0.25, -0.2) is 8.42 Å². The molecule has 2 N–H and O–H groups in total. The molecule has 1 aromatic rings. The largest absolute Gasteiger partial charge is 0.329 e. The Labute approximate surface area is 128 Å². The normalized spacial score (nSPS) is 19.8. The van der Waals surface area contributed by atoms with Crippen LogP contribution in [0.2, 0.25) is 0 Å². The number of sulfone groups is 1. The minimum absolute atomic E-state index is 0.162. The summed E-state index contributed by atoms with van der Waals surface area (Å²) in [5.74, 6) is 0.162. The number of benzene rings is 1. The molecular weight excluding hydrogens is 284 g/mol. The van der Waals surface area contributed by atoms with Gasteiger partial charge in [0.05, 0.1) is 10.1 Å². The van der Waals surface area contributed by atoms with E-state index in [1.165, 1.54) is 0 Å². The van der Waals surface area contributed by atoms with Crippen LogP contribution in [-0.2, 0) is 9.84 Å². The first-order valence-corrected chi connectivity index (χ1v) is 9.24. The first-order chi connectivity index (χ1) is 9.96. The van der Waals surface area contributed by atoms with Crippen LogP contribution >= 0.6 is 0 Å². The number of nitrogens with two attached hydrogens (primary N) is 1. The van der Waals surface area contributed by atoms with Crippen LogP contribution in [0.4, 0.5) is 0 Å². The van der Waals surface area contributed by atoms with Crippen LogP contribution in [0.5, 0.6) is 0 Å². The van der Waals surface area contributed by atoms with Gasteiger partial charge in [-0.15, -0.1) is 0 Å². The van der Waals surface area contributed by atoms with Crippen LogP contribution in [0, 0.1) is 5.92 Å². The predicted molar refractivity (Wildman–Crippen MR) is 85.9 cm³/mol. The molecule has 0 radical (unpaired) electrons. The van der Waals surface area contributed by atoms with Gasteiger partial charge in [0.2, 0.25) is 0 Å². The lowest BCUT2D eigenvalue weighted by Gasteiger charge is -2.37. The Hall–Kier alpha value is -0.910. The van der Waals surface area contributed by atoms with Crippen LogP contribution in [0.15, 0.2) is 35.2 Å². The minimum atomic E-state index is -3.33. The maximum absolute atomic E-state index is 12.8. The first kappa shape index (κ1) is 16.5. The predicted octanol–water partition coefficient (Wildman–Crippen LogP) is 1.91. The third-order valence-electron chi connectivity index (χ3n) is 4.53. The van der Waals surface area contributed by atoms with E-state index in [0.717, 1.165) is 25.9 Å². The van der Waals surface area contributed by atoms with E-state index in [-0.39, 0.29) is 12.5 Å². The van der Waals surface area contributed by atoms with E-state index in [2.05, 4.69) is 18.7 Å². The SMILES string of the molecule is CC(C)N1CCC(C(CN)S(=O)(=O)c2ccccc2)CC1. The molecular formula is C16H26N2O2S. The number of hydrogen-bond acceptors (Lipinski definition) is 4. The molecule has 1 unspecified atom stereocenters. The fourth-order valence-electron chi connectivity index (χ4n) is 3.17. The zero-order chi connectivity index (χ0) is 15.5. The molecule has 0 aromatic heterocycles. The van der Waals surface area contributed by atoms with Gasteiger partial charge in [0.1, 0.15) is 0 Å². The van der Waals surface area contributed by atoms with Crippen molar-refractivity contribution < 1.29 is 8.42 Å². The van der Waals surface area contributed by atoms with Gasteiger partial charge in [-0.3, -0.25) is 0 Å². The molecule has 0 amide bonds. The van der Waals surface area contributed by atoms with E-state index >= 15 is 0 Å². The van der Waals surface area contributed by atoms with Gasteiger partial charge >= 0.3 is 0 Å². The number of piperidine rings is 1. The Morgan fingerprint density at radius 3 is 2.24 bits per heavy atom. The lowest BCUT2D eigenvalue weighted by molar-refractivity contribution is 0.147. The molecule has 118 valence electrons. The molecule has 21 heavy (non-hydrogen) atoms. The van der Waals surface area contributed by atoms with Crippen LogP contribution in [0.25, 0.3) is 0 Å². The third kappa shape index (κ3) is 3.65. The van der Waals surface area contributed by atoms with Crippen molar-refractivity contribution in [3.05, 3.63) is 30.3 Å². The topological polar surface area (TPSA) is 63.4 Å². The Kier molecular flexibility index (Phi) is 5.41. The summed E-state index contributed by atoms with van der Waals surface area (Å²) in [5.41, 5.74) is 5.83. The molecule has 1 atom stereocenters. The fourth-order valence-corrected chi connectivity index (χ4v) is 5.08. The molecule has 1 saturated heterocycles. The van der Waals surface area contributed by atoms with Crippen molar-refractivity contribution in [2.75, 3.05) is 19.6 Å². The lowest BCUT2D eigenvalue weighted by Crippen LogP contribution is -2.45. The molecule has 1 fully saturated rings. The Balaban J connectivity index is 2.14. The van der Waals surface area contributed by atoms with Crippen molar-refractivity contribution in [1.82, 2.24) is 4.90 Å². The highest BCUT2D eigenvalue weighted by atomic mass is 32.2. The number of rotatable bonds is 5. The summed E-state index contributed by atoms with van der Waals surface area (Å²) in [6.45, 7) is 6.48. The molecule has 1 heterocycles. The monoisotopic (exact) mass is 310 g/mol. The zero-order valence-corrected chi connectivity index (χ0v) is 13.7. The molecule has 5 heteroatoms. The van der Waals surface area contributed by atoms with Crippen molar-refractivity contribution in [3.63, 3.8) is 0 Å². The quantitative estimate of drug-likeness (QED) is 0.902. The van der Waals surface area contributed by atoms with Crippen molar-refractivity contribution in [2.45, 2.75) is 42.9 Å². The first-order valence-electron chi connectivity index (χ1n) is 7.70. The summed E-state index contributed by atoms with van der Waals surface area (Å²) in [7, 11) is -3.33. The van der Waals surface area contributed by atoms with Gasteiger partial charge in [0.15, 0.2) is 9.84 Å². The third-order valence-corrected chi connectivity index (χ3v) is 6.84. The van der Waals surface area contributed by atoms with Gasteiger partial charge in [-0.2, -0.15) is 0 Å². The zero-order valence-electron chi connectivity index (χ0n) is 12.9. The maximum atomic E-state index is 12.8. The molecule has 1 aliphatic heterocycles. The average molecular weight is 310 g/mol. The second kappa shape index (κ2) is 6.90. The average Bonchev–Trinajstić information content (AvgIpc) is 2.49. The van der Waals surface area contributed by atoms with Crippen LogP contribution in [0.3, 0.4) is 0 Å². The summed E-state index contributed by atoms with van der Waals surface area (Å²) < 4.78 is 25.6. The number of likely N-dealkylation sites (tertiary alicyclic amines) is 1. The summed E-state index contributed by atoms with van der Waals surface area (Å²) in [6, 6.07) is 9.22. The molecule has 0 spiro atoms. The Morgan fingerprint density at radius 2 is 1.76 bits per heavy atom. The second-order valence-electron chi connectivity index (χ2n) is 6.10. The van der Waals surface area contributed by atoms with E-state index in [1.54, 1.807) is 24.3 Å². The van der Waals surface area contributed by atoms with Crippen LogP contribution in [0.1, 0.15) is 26.7 Å². The van der Waals surface area contributed by atoms with Crippen molar-refractivity contribution in [1.29, 1.82) is 0 Å². The second-order valence-corrected chi connectivity index (χ2v) is 8.27. The van der Waals surface area contributed by atoms with Gasteiger partial charge < -0.3 is 10.6 Å². The van der Waals surface area contributed by atoms with Gasteiger partial charge in [0.25, 0.3) is 0 Å². The van der Waals surface area contributed by atoms with Gasteiger partial charge in [-0.05, 0) is 57.8 Å². The van der Waals surface area contributed by atoms with E-state index < -0.39 is 15.1 Å². The van der Waals surface area contributed by atoms with Crippen molar-refractivity contribution >= 4 is 9.84 Å². The molecule has 2 rings (SSSR count). The van der Waals surface area contributed by atoms with Crippen LogP contribution in [-0.4, -0.2) is 44.2 Å². The summed E-state index contributed by atoms with van der Waals surface area (Å²) >= 11 is 0. The molecule has 4 nitrogen and oxygen atoms in total. The highest BCUT2D eigenvalue weighted by Gasteiger charge is 2.35. The highest BCUT2D eigenvalue weighted by Crippen LogP contribution is 2.29. The smallest absolute Gasteiger partial charge is 0.182 e. The standard InChI is InChI=1S/C16H26N2O2S/c1-13(2)18-10-8-14(9-11-18)16(12-17)21(19,20)15-6-4-3-5-7-15/h3-7,13-14,16H,8-12,17H2,1-2H3. The fraction of sp³-hybridized carbons (Fsp3) is 0.625. The molecule has 0 aliphatic carbocycles. The number of nitrogens with zero attached hydrogens (tertiary/aromatic N) is 1. The van der Waals surface area contributed by atoms with Crippen molar-refractivity contribution in [2.24, 2.45) is 11.7 Å². The van der Waals surface area contributed by atoms with Crippen molar-refractivity contribution in [3.8, 4) is 0 Å². The molecule has 0 bridgehead atoms. The molecule has 0 saturated carbocycles. The number of hydrogen-bond donors (Lipinski definition) is 1. The summed E-state index contributed by atoms with van der Waals surface area (Å²) in [6.07, 6.45) is 1.82. The maximum Gasteiger partial charge on any atom is 0.182 e. The summed E-state index contributed by atoms with van der Waals surface area (Å²) in [5, 5.41) is -0.464. The van der Waals surface area contributed by atoms with E-state index in [1.807, 2.05) is 6.07 Å². The summed E-state index contributed by atoms with van der Waals surface area (Å²) in [4.78, 5) is 2.80. The molecule has 1 aliphatic rings. The van der Waals surface area contributed by atoms with E-state index in [9.17, 15) is 8.42 Å². The van der Waals surface area contributed by atoms with E-state index in [4.69, 9.17) is 5.73 Å². The molecule has 1 aromatic carbocycles. The minimum Gasteiger partial charge on any atom is -0.329 e. The van der Waals surface area contributed by atoms with Crippen LogP contribution < -0.4 is 5.73 Å². The van der Waals surface area contributed by atoms with E-state index in [0.29, 0.717) is 10.9 Å². The van der Waals surface area contributed by atoms with Gasteiger partial charge in [-0.1, -0.05) is 18.2 Å².